The molecule has 290 valence electrons. The Kier molecular flexibility index (Phi) is 16.1. The van der Waals surface area contributed by atoms with Crippen LogP contribution in [0.4, 0.5) is 0 Å². The fourth-order valence-electron chi connectivity index (χ4n) is 6.02. The molecule has 0 saturated heterocycles. The topological polar surface area (TPSA) is 91.3 Å². The van der Waals surface area contributed by atoms with Crippen LogP contribution in [0.1, 0.15) is 82.4 Å². The van der Waals surface area contributed by atoms with Crippen molar-refractivity contribution in [1.82, 2.24) is 0 Å². The number of aliphatic hydroxyl groups is 1. The predicted octanol–water partition coefficient (Wildman–Crippen LogP) is 11.8. The van der Waals surface area contributed by atoms with Crippen LogP contribution < -0.4 is 18.4 Å². The van der Waals surface area contributed by atoms with E-state index in [1.165, 1.54) is 37.4 Å². The van der Waals surface area contributed by atoms with E-state index in [1.54, 1.807) is 48.5 Å². The van der Waals surface area contributed by atoms with E-state index in [-0.39, 0.29) is 17.3 Å². The summed E-state index contributed by atoms with van der Waals surface area (Å²) < 4.78 is 51.7. The lowest BCUT2D eigenvalue weighted by Gasteiger charge is -2.21. The molecule has 0 aliphatic heterocycles. The van der Waals surface area contributed by atoms with Crippen LogP contribution in [-0.4, -0.2) is 33.3 Å². The largest absolute Gasteiger partial charge is 0.494 e. The van der Waals surface area contributed by atoms with Gasteiger partial charge in [0.05, 0.1) is 13.2 Å². The fourth-order valence-corrected chi connectivity index (χ4v) is 8.31. The van der Waals surface area contributed by atoms with E-state index in [0.29, 0.717) is 51.9 Å². The Bertz CT molecular complexity index is 2050. The number of para-hydroxylation sites is 1. The van der Waals surface area contributed by atoms with E-state index in [0.717, 1.165) is 36.3 Å². The van der Waals surface area contributed by atoms with Crippen LogP contribution in [0.5, 0.6) is 23.0 Å². The first-order valence-corrected chi connectivity index (χ1v) is 21.4. The maximum Gasteiger partial charge on any atom is 0.340 e. The smallest absolute Gasteiger partial charge is 0.340 e. The first kappa shape index (κ1) is 41.5. The average Bonchev–Trinajstić information content (AvgIpc) is 3.20. The Morgan fingerprint density at radius 3 is 2.11 bits per heavy atom. The van der Waals surface area contributed by atoms with E-state index in [1.807, 2.05) is 72.8 Å². The van der Waals surface area contributed by atoms with Gasteiger partial charge in [0.15, 0.2) is 0 Å². The van der Waals surface area contributed by atoms with Crippen LogP contribution in [0.2, 0.25) is 0 Å². The van der Waals surface area contributed by atoms with Gasteiger partial charge in [0, 0.05) is 15.4 Å². The number of hydrogen-bond acceptors (Lipinski definition) is 8. The summed E-state index contributed by atoms with van der Waals surface area (Å²) in [6, 6.07) is 34.2. The van der Waals surface area contributed by atoms with Gasteiger partial charge in [-0.3, -0.25) is 0 Å². The molecule has 0 bridgehead atoms. The Hall–Kier alpha value is -4.70. The number of hydrogen-bond donors (Lipinski definition) is 1. The summed E-state index contributed by atoms with van der Waals surface area (Å²) in [5.74, 6) is 2.11. The monoisotopic (exact) mass is 780 g/mol. The van der Waals surface area contributed by atoms with Gasteiger partial charge in [-0.15, -0.1) is 0 Å². The highest BCUT2D eigenvalue weighted by Gasteiger charge is 2.25. The third kappa shape index (κ3) is 12.1. The second-order valence-corrected chi connectivity index (χ2v) is 15.8. The SMILES string of the molecule is C=CCOc1ccc(OCCCCCCCC)cc1C(O)c1ccccc1-c1ccc(Sc2ccc(OCCCC)cc2)c(S(=O)(=O)Oc2ccccc2)c1. The average molecular weight is 781 g/mol. The summed E-state index contributed by atoms with van der Waals surface area (Å²) in [5, 5.41) is 12.1. The molecule has 0 spiro atoms. The van der Waals surface area contributed by atoms with Crippen molar-refractivity contribution in [2.24, 2.45) is 0 Å². The van der Waals surface area contributed by atoms with Gasteiger partial charge in [-0.2, -0.15) is 8.42 Å². The van der Waals surface area contributed by atoms with Gasteiger partial charge in [0.2, 0.25) is 0 Å². The van der Waals surface area contributed by atoms with Crippen molar-refractivity contribution in [1.29, 1.82) is 0 Å². The third-order valence-electron chi connectivity index (χ3n) is 8.95. The Balaban J connectivity index is 1.48. The van der Waals surface area contributed by atoms with Crippen molar-refractivity contribution in [2.75, 3.05) is 19.8 Å². The molecule has 9 heteroatoms. The minimum Gasteiger partial charge on any atom is -0.494 e. The molecular weight excluding hydrogens is 729 g/mol. The van der Waals surface area contributed by atoms with Crippen molar-refractivity contribution in [3.63, 3.8) is 0 Å². The molecule has 0 aliphatic carbocycles. The van der Waals surface area contributed by atoms with Crippen molar-refractivity contribution >= 4 is 21.9 Å². The number of benzene rings is 5. The zero-order chi connectivity index (χ0) is 38.9. The molecular formula is C46H52O7S2. The highest BCUT2D eigenvalue weighted by molar-refractivity contribution is 8.00. The standard InChI is InChI=1S/C46H52O7S2/c1-4-7-9-10-11-17-32-51-38-25-28-43(52-30-6-3)42(34-38)46(47)41-21-16-15-20-40(41)35-22-29-44(54-39-26-23-36(24-27-39)50-31-8-5-2)45(33-35)55(48,49)53-37-18-13-12-14-19-37/h6,12-16,18-29,33-34,46-47H,3-5,7-11,17,30-32H2,1-2H3. The van der Waals surface area contributed by atoms with E-state index in [9.17, 15) is 13.5 Å². The Morgan fingerprint density at radius 1 is 0.673 bits per heavy atom. The molecule has 0 saturated carbocycles. The maximum atomic E-state index is 14.1. The zero-order valence-electron chi connectivity index (χ0n) is 31.8. The van der Waals surface area contributed by atoms with E-state index in [4.69, 9.17) is 18.4 Å². The van der Waals surface area contributed by atoms with E-state index < -0.39 is 16.2 Å². The maximum absolute atomic E-state index is 14.1. The van der Waals surface area contributed by atoms with Gasteiger partial charge in [0.1, 0.15) is 40.6 Å². The summed E-state index contributed by atoms with van der Waals surface area (Å²) in [6.45, 7) is 9.59. The number of aliphatic hydroxyl groups excluding tert-OH is 1. The quantitative estimate of drug-likeness (QED) is 0.0398. The van der Waals surface area contributed by atoms with Crippen LogP contribution in [0.15, 0.2) is 143 Å². The van der Waals surface area contributed by atoms with Gasteiger partial charge in [-0.05, 0) is 96.3 Å². The predicted molar refractivity (Wildman–Crippen MR) is 222 cm³/mol. The molecule has 55 heavy (non-hydrogen) atoms. The van der Waals surface area contributed by atoms with Gasteiger partial charge in [0.25, 0.3) is 0 Å². The van der Waals surface area contributed by atoms with Crippen LogP contribution in [-0.2, 0) is 10.1 Å². The molecule has 0 radical (unpaired) electrons. The van der Waals surface area contributed by atoms with Gasteiger partial charge < -0.3 is 23.5 Å². The molecule has 5 rings (SSSR count). The lowest BCUT2D eigenvalue weighted by Crippen LogP contribution is -2.11. The summed E-state index contributed by atoms with van der Waals surface area (Å²) in [5.41, 5.74) is 2.36. The molecule has 0 fully saturated rings. The molecule has 5 aromatic rings. The van der Waals surface area contributed by atoms with Gasteiger partial charge >= 0.3 is 10.1 Å². The first-order valence-electron chi connectivity index (χ1n) is 19.1. The van der Waals surface area contributed by atoms with Crippen LogP contribution in [0.3, 0.4) is 0 Å². The normalized spacial score (nSPS) is 11.8. The summed E-state index contributed by atoms with van der Waals surface area (Å²) in [7, 11) is -4.30. The van der Waals surface area contributed by atoms with Crippen molar-refractivity contribution in [2.45, 2.75) is 86.0 Å². The molecule has 1 atom stereocenters. The molecule has 5 aromatic carbocycles. The minimum absolute atomic E-state index is 0.00603. The minimum atomic E-state index is -4.30. The molecule has 0 aliphatic rings. The lowest BCUT2D eigenvalue weighted by molar-refractivity contribution is 0.212. The van der Waals surface area contributed by atoms with E-state index in [2.05, 4.69) is 20.4 Å². The van der Waals surface area contributed by atoms with Gasteiger partial charge in [-0.1, -0.05) is 125 Å². The van der Waals surface area contributed by atoms with Crippen LogP contribution >= 0.6 is 11.8 Å². The Morgan fingerprint density at radius 2 is 1.35 bits per heavy atom. The first-order chi connectivity index (χ1) is 26.8. The second kappa shape index (κ2) is 21.4. The summed E-state index contributed by atoms with van der Waals surface area (Å²) in [6.07, 6.45) is 9.49. The van der Waals surface area contributed by atoms with Crippen molar-refractivity contribution < 1.29 is 31.9 Å². The lowest BCUT2D eigenvalue weighted by atomic mass is 9.92. The Labute approximate surface area is 331 Å². The highest BCUT2D eigenvalue weighted by Crippen LogP contribution is 2.41. The van der Waals surface area contributed by atoms with Crippen LogP contribution in [0, 0.1) is 0 Å². The molecule has 1 N–H and O–H groups in total. The third-order valence-corrected chi connectivity index (χ3v) is 11.4. The molecule has 1 unspecified atom stereocenters. The van der Waals surface area contributed by atoms with E-state index >= 15 is 0 Å². The number of unbranched alkanes of at least 4 members (excludes halogenated alkanes) is 6. The van der Waals surface area contributed by atoms with Crippen molar-refractivity contribution in [3.05, 3.63) is 139 Å². The number of rotatable bonds is 23. The second-order valence-electron chi connectivity index (χ2n) is 13.2. The zero-order valence-corrected chi connectivity index (χ0v) is 33.5. The van der Waals surface area contributed by atoms with Crippen LogP contribution in [0.25, 0.3) is 11.1 Å². The molecule has 7 nitrogen and oxygen atoms in total. The fraction of sp³-hybridized carbons (Fsp3) is 0.304. The van der Waals surface area contributed by atoms with Gasteiger partial charge in [-0.25, -0.2) is 0 Å². The molecule has 0 amide bonds. The molecule has 0 heterocycles. The highest BCUT2D eigenvalue weighted by atomic mass is 32.2. The summed E-state index contributed by atoms with van der Waals surface area (Å²) >= 11 is 1.32. The number of ether oxygens (including phenoxy) is 3. The summed E-state index contributed by atoms with van der Waals surface area (Å²) in [4.78, 5) is 1.34. The molecule has 0 aromatic heterocycles. The van der Waals surface area contributed by atoms with Crippen molar-refractivity contribution in [3.8, 4) is 34.1 Å².